The van der Waals surface area contributed by atoms with Crippen LogP contribution in [0.5, 0.6) is 0 Å². The summed E-state index contributed by atoms with van der Waals surface area (Å²) >= 11 is 1.32. The lowest BCUT2D eigenvalue weighted by molar-refractivity contribution is 0.0951. The smallest absolute Gasteiger partial charge is 0.261 e. The second kappa shape index (κ2) is 22.7. The normalized spacial score (nSPS) is 15.1. The first-order valence-corrected chi connectivity index (χ1v) is 17.4. The number of rotatable bonds is 14. The Hall–Kier alpha value is -3.77. The molecule has 6 N–H and O–H groups in total. The Labute approximate surface area is 291 Å². The summed E-state index contributed by atoms with van der Waals surface area (Å²) in [5.74, 6) is 18.6. The number of allylic oxidation sites excluding steroid dienone is 5. The molecule has 0 spiro atoms. The number of hydrazine groups is 1. The summed E-state index contributed by atoms with van der Waals surface area (Å²) in [4.78, 5) is 18.2. The number of hydrogen-bond acceptors (Lipinski definition) is 8. The molecule has 3 atom stereocenters. The molecule has 2 heterocycles. The summed E-state index contributed by atoms with van der Waals surface area (Å²) in [5.41, 5.74) is 6.95. The number of halogens is 2. The SMILES string of the molecule is CC.CCCC(C#Cc1cc(C2=CC(C(F)F)NC=C2OC)c(C(=O)NC(C)SC(C#CC(/C=C(/C)NC)=C(C)C)NN)cn1)CCC. The van der Waals surface area contributed by atoms with E-state index in [1.807, 2.05) is 54.7 Å². The van der Waals surface area contributed by atoms with Crippen LogP contribution in [0.25, 0.3) is 5.57 Å². The summed E-state index contributed by atoms with van der Waals surface area (Å²) in [6.45, 7) is 16.0. The maximum absolute atomic E-state index is 13.8. The number of ether oxygens (including phenoxy) is 1. The van der Waals surface area contributed by atoms with Gasteiger partial charge in [0.25, 0.3) is 12.3 Å². The highest BCUT2D eigenvalue weighted by Crippen LogP contribution is 2.31. The van der Waals surface area contributed by atoms with E-state index in [2.05, 4.69) is 63.9 Å². The molecular weight excluding hydrogens is 631 g/mol. The molecule has 1 aliphatic heterocycles. The molecule has 0 bridgehead atoms. The van der Waals surface area contributed by atoms with Crippen LogP contribution in [0.15, 0.2) is 53.2 Å². The second-order valence-electron chi connectivity index (χ2n) is 11.0. The third-order valence-electron chi connectivity index (χ3n) is 7.09. The van der Waals surface area contributed by atoms with Gasteiger partial charge < -0.3 is 20.7 Å². The number of nitrogens with zero attached hydrogens (tertiary/aromatic N) is 1. The minimum Gasteiger partial charge on any atom is -0.495 e. The first-order valence-electron chi connectivity index (χ1n) is 16.5. The van der Waals surface area contributed by atoms with Gasteiger partial charge in [-0.05, 0) is 64.7 Å². The number of dihydropyridines is 1. The van der Waals surface area contributed by atoms with Crippen molar-refractivity contribution in [1.82, 2.24) is 26.4 Å². The van der Waals surface area contributed by atoms with E-state index in [0.717, 1.165) is 42.5 Å². The molecule has 2 rings (SSSR count). The topological polar surface area (TPSA) is 113 Å². The van der Waals surface area contributed by atoms with Crippen molar-refractivity contribution < 1.29 is 18.3 Å². The maximum Gasteiger partial charge on any atom is 0.261 e. The van der Waals surface area contributed by atoms with Crippen molar-refractivity contribution in [3.8, 4) is 23.7 Å². The average Bonchev–Trinajstić information content (AvgIpc) is 3.08. The van der Waals surface area contributed by atoms with Crippen molar-refractivity contribution in [2.75, 3.05) is 14.2 Å². The van der Waals surface area contributed by atoms with Crippen LogP contribution in [-0.4, -0.2) is 48.3 Å². The van der Waals surface area contributed by atoms with Crippen LogP contribution in [0.4, 0.5) is 8.78 Å². The summed E-state index contributed by atoms with van der Waals surface area (Å²) in [5, 5.41) is 7.77. The number of nitrogens with one attached hydrogen (secondary N) is 4. The molecular formula is C37H54F2N6O2S. The van der Waals surface area contributed by atoms with Gasteiger partial charge in [0, 0.05) is 47.8 Å². The lowest BCUT2D eigenvalue weighted by Crippen LogP contribution is -2.38. The zero-order valence-electron chi connectivity index (χ0n) is 30.1. The molecule has 0 fully saturated rings. The van der Waals surface area contributed by atoms with E-state index in [1.54, 1.807) is 6.07 Å². The molecule has 1 aromatic rings. The van der Waals surface area contributed by atoms with E-state index < -0.39 is 29.1 Å². The van der Waals surface area contributed by atoms with Gasteiger partial charge in [-0.2, -0.15) is 0 Å². The zero-order chi connectivity index (χ0) is 36.2. The van der Waals surface area contributed by atoms with E-state index in [9.17, 15) is 13.6 Å². The lowest BCUT2D eigenvalue weighted by atomic mass is 9.94. The largest absolute Gasteiger partial charge is 0.495 e. The lowest BCUT2D eigenvalue weighted by Gasteiger charge is -2.24. The minimum atomic E-state index is -2.67. The molecule has 0 saturated carbocycles. The number of methoxy groups -OCH3 is 1. The van der Waals surface area contributed by atoms with Crippen LogP contribution in [0, 0.1) is 29.6 Å². The number of pyridine rings is 1. The number of amides is 1. The number of carbonyl (C=O) groups excluding carboxylic acids is 1. The van der Waals surface area contributed by atoms with E-state index >= 15 is 0 Å². The summed E-state index contributed by atoms with van der Waals surface area (Å²) in [7, 11) is 3.29. The maximum atomic E-state index is 13.8. The Morgan fingerprint density at radius 2 is 1.85 bits per heavy atom. The highest BCUT2D eigenvalue weighted by Gasteiger charge is 2.27. The van der Waals surface area contributed by atoms with Crippen molar-refractivity contribution in [3.05, 3.63) is 70.0 Å². The Balaban J connectivity index is 0.00000565. The van der Waals surface area contributed by atoms with Gasteiger partial charge in [-0.1, -0.05) is 63.9 Å². The molecule has 3 unspecified atom stereocenters. The van der Waals surface area contributed by atoms with Crippen LogP contribution in [0.1, 0.15) is 103 Å². The number of alkyl halides is 2. The summed E-state index contributed by atoms with van der Waals surface area (Å²) in [6, 6.07) is 0.409. The van der Waals surface area contributed by atoms with Gasteiger partial charge in [0.2, 0.25) is 0 Å². The molecule has 0 radical (unpaired) electrons. The van der Waals surface area contributed by atoms with Crippen molar-refractivity contribution in [1.29, 1.82) is 0 Å². The fraction of sp³-hybridized carbons (Fsp3) is 0.514. The number of aromatic nitrogens is 1. The van der Waals surface area contributed by atoms with Gasteiger partial charge in [-0.3, -0.25) is 10.6 Å². The standard InChI is InChI=1S/C35H48F2N6O2S.C2H6/c1-9-11-25(12-10-2)13-15-27-18-28(29-19-31(34(36)37)41-21-32(29)45-8)30(20-40-27)35(44)42-24(6)46-33(43-38)16-14-26(22(3)4)17-23(5)39-7;1-2/h17-21,24-25,31,33-34,39,41,43H,9-12,38H2,1-8H3,(H,42,44);1-2H3/b23-17-;. The monoisotopic (exact) mass is 684 g/mol. The summed E-state index contributed by atoms with van der Waals surface area (Å²) < 4.78 is 33.0. The van der Waals surface area contributed by atoms with Gasteiger partial charge in [0.05, 0.1) is 18.0 Å². The third kappa shape index (κ3) is 13.8. The van der Waals surface area contributed by atoms with Gasteiger partial charge in [-0.15, -0.1) is 11.8 Å². The molecule has 1 amide bonds. The predicted molar refractivity (Wildman–Crippen MR) is 196 cm³/mol. The zero-order valence-corrected chi connectivity index (χ0v) is 30.9. The van der Waals surface area contributed by atoms with E-state index in [4.69, 9.17) is 10.6 Å². The molecule has 48 heavy (non-hydrogen) atoms. The molecule has 0 aromatic carbocycles. The molecule has 1 aliphatic rings. The second-order valence-corrected chi connectivity index (χ2v) is 12.5. The van der Waals surface area contributed by atoms with E-state index in [-0.39, 0.29) is 11.5 Å². The Morgan fingerprint density at radius 1 is 1.19 bits per heavy atom. The van der Waals surface area contributed by atoms with Crippen LogP contribution in [0.3, 0.4) is 0 Å². The number of thioether (sulfide) groups is 1. The molecule has 11 heteroatoms. The van der Waals surface area contributed by atoms with Crippen molar-refractivity contribution in [2.24, 2.45) is 11.8 Å². The Kier molecular flexibility index (Phi) is 20.0. The van der Waals surface area contributed by atoms with Crippen LogP contribution < -0.4 is 27.2 Å². The average molecular weight is 685 g/mol. The number of hydrogen-bond donors (Lipinski definition) is 5. The molecule has 264 valence electrons. The molecule has 0 aliphatic carbocycles. The van der Waals surface area contributed by atoms with Gasteiger partial charge >= 0.3 is 0 Å². The molecule has 1 aromatic heterocycles. The number of carbonyl (C=O) groups is 1. The highest BCUT2D eigenvalue weighted by molar-refractivity contribution is 8.00. The van der Waals surface area contributed by atoms with Crippen molar-refractivity contribution >= 4 is 23.2 Å². The predicted octanol–water partition coefficient (Wildman–Crippen LogP) is 6.85. The first-order chi connectivity index (χ1) is 23.0. The van der Waals surface area contributed by atoms with Crippen molar-refractivity contribution in [3.63, 3.8) is 0 Å². The van der Waals surface area contributed by atoms with E-state index in [1.165, 1.54) is 37.3 Å². The molecule has 0 saturated heterocycles. The first kappa shape index (κ1) is 42.3. The van der Waals surface area contributed by atoms with Crippen molar-refractivity contribution in [2.45, 2.75) is 104 Å². The van der Waals surface area contributed by atoms with Gasteiger partial charge in [0.15, 0.2) is 0 Å². The van der Waals surface area contributed by atoms with Gasteiger partial charge in [0.1, 0.15) is 22.9 Å². The van der Waals surface area contributed by atoms with Gasteiger partial charge in [-0.25, -0.2) is 19.2 Å². The Morgan fingerprint density at radius 3 is 2.40 bits per heavy atom. The number of nitrogens with two attached hydrogens (primary N) is 1. The highest BCUT2D eigenvalue weighted by atomic mass is 32.2. The Bertz CT molecular complexity index is 1440. The quantitative estimate of drug-likeness (QED) is 0.0476. The van der Waals surface area contributed by atoms with Crippen LogP contribution in [-0.2, 0) is 4.74 Å². The van der Waals surface area contributed by atoms with E-state index in [0.29, 0.717) is 22.6 Å². The van der Waals surface area contributed by atoms with Crippen LogP contribution in [0.2, 0.25) is 0 Å². The van der Waals surface area contributed by atoms with Crippen LogP contribution >= 0.6 is 11.8 Å². The summed E-state index contributed by atoms with van der Waals surface area (Å²) in [6.07, 6.45) is 7.45. The fourth-order valence-corrected chi connectivity index (χ4v) is 5.33. The third-order valence-corrected chi connectivity index (χ3v) is 8.14. The fourth-order valence-electron chi connectivity index (χ4n) is 4.54. The molecule has 8 nitrogen and oxygen atoms in total. The minimum absolute atomic E-state index is 0.198.